The quantitative estimate of drug-likeness (QED) is 0.495. The van der Waals surface area contributed by atoms with Crippen molar-refractivity contribution in [2.75, 3.05) is 11.1 Å². The third kappa shape index (κ3) is 4.57. The predicted molar refractivity (Wildman–Crippen MR) is 124 cm³/mol. The fourth-order valence-corrected chi connectivity index (χ4v) is 3.41. The lowest BCUT2D eigenvalue weighted by Gasteiger charge is -2.07. The maximum atomic E-state index is 12.3. The van der Waals surface area contributed by atoms with Crippen molar-refractivity contribution in [1.82, 2.24) is 14.5 Å². The molecule has 4 aromatic rings. The lowest BCUT2D eigenvalue weighted by Crippen LogP contribution is -2.14. The fourth-order valence-electron chi connectivity index (χ4n) is 3.41. The van der Waals surface area contributed by atoms with Gasteiger partial charge in [0.15, 0.2) is 0 Å². The third-order valence-electron chi connectivity index (χ3n) is 4.89. The van der Waals surface area contributed by atoms with Gasteiger partial charge in [-0.25, -0.2) is 9.97 Å². The van der Waals surface area contributed by atoms with Crippen LogP contribution in [0.4, 0.5) is 11.5 Å². The van der Waals surface area contributed by atoms with Crippen molar-refractivity contribution in [2.45, 2.75) is 26.3 Å². The van der Waals surface area contributed by atoms with E-state index in [9.17, 15) is 4.79 Å². The summed E-state index contributed by atoms with van der Waals surface area (Å²) >= 11 is 0. The van der Waals surface area contributed by atoms with Crippen molar-refractivity contribution >= 4 is 28.4 Å². The number of rotatable bonds is 4. The normalized spacial score (nSPS) is 10.7. The molecule has 31 heavy (non-hydrogen) atoms. The molecular weight excluding hydrogens is 386 g/mol. The molecular formula is C25H23N5O. The van der Waals surface area contributed by atoms with Crippen molar-refractivity contribution in [3.8, 4) is 11.8 Å². The molecule has 0 saturated carbocycles. The number of benzene rings is 2. The molecule has 4 rings (SSSR count). The van der Waals surface area contributed by atoms with Crippen LogP contribution in [0.25, 0.3) is 11.0 Å². The van der Waals surface area contributed by atoms with E-state index < -0.39 is 0 Å². The molecule has 1 amide bonds. The topological polar surface area (TPSA) is 85.8 Å². The van der Waals surface area contributed by atoms with Gasteiger partial charge < -0.3 is 15.6 Å². The van der Waals surface area contributed by atoms with Crippen molar-refractivity contribution in [3.63, 3.8) is 0 Å². The number of aromatic nitrogens is 3. The molecule has 154 valence electrons. The number of hydrogen-bond donors (Lipinski definition) is 2. The first-order valence-electron chi connectivity index (χ1n) is 10.1. The Kier molecular flexibility index (Phi) is 5.67. The molecule has 0 bridgehead atoms. The minimum absolute atomic E-state index is 0.0683. The number of carbonyl (C=O) groups is 1. The van der Waals surface area contributed by atoms with Gasteiger partial charge in [-0.05, 0) is 43.7 Å². The van der Waals surface area contributed by atoms with Gasteiger partial charge in [0.05, 0.1) is 17.4 Å². The van der Waals surface area contributed by atoms with Crippen LogP contribution < -0.4 is 11.1 Å². The standard InChI is InChI=1S/C25H23N5O/c1-17(2)30-15-20(23-24(26)27-16-28-25(23)30)12-11-18-7-6-8-19(13-18)14-22(31)29-21-9-4-3-5-10-21/h3-10,13,15-17H,14H2,1-2H3,(H,29,31)(H2,26,27,28). The van der Waals surface area contributed by atoms with Crippen LogP contribution in [0, 0.1) is 11.8 Å². The molecule has 3 N–H and O–H groups in total. The maximum absolute atomic E-state index is 12.3. The van der Waals surface area contributed by atoms with E-state index in [1.165, 1.54) is 6.33 Å². The average Bonchev–Trinajstić information content (AvgIpc) is 3.13. The van der Waals surface area contributed by atoms with Crippen LogP contribution >= 0.6 is 0 Å². The van der Waals surface area contributed by atoms with Gasteiger partial charge in [0.1, 0.15) is 17.8 Å². The summed E-state index contributed by atoms with van der Waals surface area (Å²) in [5.41, 5.74) is 10.2. The van der Waals surface area contributed by atoms with Crippen molar-refractivity contribution in [3.05, 3.63) is 83.8 Å². The van der Waals surface area contributed by atoms with E-state index in [0.717, 1.165) is 33.4 Å². The zero-order valence-corrected chi connectivity index (χ0v) is 17.5. The van der Waals surface area contributed by atoms with Gasteiger partial charge >= 0.3 is 0 Å². The molecule has 6 nitrogen and oxygen atoms in total. The monoisotopic (exact) mass is 409 g/mol. The molecule has 0 fully saturated rings. The predicted octanol–water partition coefficient (Wildman–Crippen LogP) is 4.18. The van der Waals surface area contributed by atoms with Gasteiger partial charge in [0.2, 0.25) is 5.91 Å². The Morgan fingerprint density at radius 2 is 1.90 bits per heavy atom. The van der Waals surface area contributed by atoms with Crippen LogP contribution in [0.1, 0.15) is 36.6 Å². The number of carbonyl (C=O) groups excluding carboxylic acids is 1. The number of nitrogens with zero attached hydrogens (tertiary/aromatic N) is 3. The second-order valence-corrected chi connectivity index (χ2v) is 7.54. The maximum Gasteiger partial charge on any atom is 0.228 e. The van der Waals surface area contributed by atoms with Crippen LogP contribution in [-0.2, 0) is 11.2 Å². The highest BCUT2D eigenvalue weighted by Gasteiger charge is 2.13. The van der Waals surface area contributed by atoms with Crippen LogP contribution in [0.3, 0.4) is 0 Å². The lowest BCUT2D eigenvalue weighted by atomic mass is 10.1. The van der Waals surface area contributed by atoms with E-state index in [4.69, 9.17) is 5.73 Å². The Morgan fingerprint density at radius 1 is 1.10 bits per heavy atom. The van der Waals surface area contributed by atoms with E-state index in [2.05, 4.69) is 41.0 Å². The van der Waals surface area contributed by atoms with Crippen molar-refractivity contribution in [2.24, 2.45) is 0 Å². The van der Waals surface area contributed by atoms with Gasteiger partial charge in [-0.3, -0.25) is 4.79 Å². The Bertz CT molecular complexity index is 1300. The Balaban J connectivity index is 1.58. The van der Waals surface area contributed by atoms with E-state index in [0.29, 0.717) is 5.82 Å². The summed E-state index contributed by atoms with van der Waals surface area (Å²) in [6.45, 7) is 4.16. The third-order valence-corrected chi connectivity index (χ3v) is 4.89. The van der Waals surface area contributed by atoms with Gasteiger partial charge in [-0.2, -0.15) is 0 Å². The first kappa shape index (κ1) is 20.2. The SMILES string of the molecule is CC(C)n1cc(C#Cc2cccc(CC(=O)Nc3ccccc3)c2)c2c(N)ncnc21. The molecule has 0 aliphatic heterocycles. The molecule has 0 aliphatic carbocycles. The molecule has 0 spiro atoms. The molecule has 0 radical (unpaired) electrons. The van der Waals surface area contributed by atoms with E-state index in [1.807, 2.05) is 65.4 Å². The number of para-hydroxylation sites is 1. The van der Waals surface area contributed by atoms with Crippen molar-refractivity contribution in [1.29, 1.82) is 0 Å². The van der Waals surface area contributed by atoms with Crippen LogP contribution in [0.2, 0.25) is 0 Å². The number of hydrogen-bond acceptors (Lipinski definition) is 4. The fraction of sp³-hybridized carbons (Fsp3) is 0.160. The number of nitrogens with two attached hydrogens (primary N) is 1. The number of amides is 1. The number of fused-ring (bicyclic) bond motifs is 1. The Labute approximate surface area is 181 Å². The molecule has 0 atom stereocenters. The lowest BCUT2D eigenvalue weighted by molar-refractivity contribution is -0.115. The molecule has 2 aromatic heterocycles. The smallest absolute Gasteiger partial charge is 0.228 e. The summed E-state index contributed by atoms with van der Waals surface area (Å²) in [5.74, 6) is 6.75. The molecule has 0 unspecified atom stereocenters. The van der Waals surface area contributed by atoms with Gasteiger partial charge in [0, 0.05) is 23.5 Å². The number of nitrogen functional groups attached to an aromatic ring is 1. The van der Waals surface area contributed by atoms with E-state index >= 15 is 0 Å². The number of anilines is 2. The average molecular weight is 409 g/mol. The Hall–Kier alpha value is -4.11. The summed E-state index contributed by atoms with van der Waals surface area (Å²) in [6, 6.07) is 17.3. The first-order chi connectivity index (χ1) is 15.0. The highest BCUT2D eigenvalue weighted by molar-refractivity contribution is 5.93. The van der Waals surface area contributed by atoms with Crippen LogP contribution in [0.15, 0.2) is 67.1 Å². The minimum Gasteiger partial charge on any atom is -0.383 e. The molecule has 0 saturated heterocycles. The van der Waals surface area contributed by atoms with Gasteiger partial charge in [0.25, 0.3) is 0 Å². The van der Waals surface area contributed by atoms with E-state index in [-0.39, 0.29) is 18.4 Å². The number of nitrogens with one attached hydrogen (secondary N) is 1. The summed E-state index contributed by atoms with van der Waals surface area (Å²) in [4.78, 5) is 20.8. The summed E-state index contributed by atoms with van der Waals surface area (Å²) < 4.78 is 2.04. The molecule has 2 heterocycles. The first-order valence-corrected chi connectivity index (χ1v) is 10.1. The molecule has 2 aromatic carbocycles. The molecule has 0 aliphatic rings. The summed E-state index contributed by atoms with van der Waals surface area (Å²) in [7, 11) is 0. The molecule has 6 heteroatoms. The second kappa shape index (κ2) is 8.72. The summed E-state index contributed by atoms with van der Waals surface area (Å²) in [6.07, 6.45) is 3.71. The summed E-state index contributed by atoms with van der Waals surface area (Å²) in [5, 5.41) is 3.67. The largest absolute Gasteiger partial charge is 0.383 e. The zero-order valence-electron chi connectivity index (χ0n) is 17.5. The van der Waals surface area contributed by atoms with Crippen LogP contribution in [-0.4, -0.2) is 20.4 Å². The second-order valence-electron chi connectivity index (χ2n) is 7.54. The minimum atomic E-state index is -0.0683. The van der Waals surface area contributed by atoms with Crippen molar-refractivity contribution < 1.29 is 4.79 Å². The van der Waals surface area contributed by atoms with Gasteiger partial charge in [-0.15, -0.1) is 0 Å². The van der Waals surface area contributed by atoms with Crippen LogP contribution in [0.5, 0.6) is 0 Å². The Morgan fingerprint density at radius 3 is 2.68 bits per heavy atom. The van der Waals surface area contributed by atoms with Gasteiger partial charge in [-0.1, -0.05) is 42.2 Å². The highest BCUT2D eigenvalue weighted by Crippen LogP contribution is 2.25. The zero-order chi connectivity index (χ0) is 21.8. The highest BCUT2D eigenvalue weighted by atomic mass is 16.1. The van der Waals surface area contributed by atoms with E-state index in [1.54, 1.807) is 0 Å².